The number of carboxylic acids is 2. The third kappa shape index (κ3) is 12.7. The van der Waals surface area contributed by atoms with Crippen molar-refractivity contribution in [1.29, 1.82) is 0 Å². The van der Waals surface area contributed by atoms with E-state index in [2.05, 4.69) is 13.8 Å². The first-order valence-corrected chi connectivity index (χ1v) is 8.16. The molecular weight excluding hydrogens is 336 g/mol. The van der Waals surface area contributed by atoms with Crippen LogP contribution in [0.2, 0.25) is 0 Å². The predicted octanol–water partition coefficient (Wildman–Crippen LogP) is 3.50. The van der Waals surface area contributed by atoms with Gasteiger partial charge in [0.05, 0.1) is 11.1 Å². The molecule has 0 aliphatic rings. The molecular formula is C20H26O6. The van der Waals surface area contributed by atoms with Gasteiger partial charge in [0.2, 0.25) is 0 Å². The molecule has 26 heavy (non-hydrogen) atoms. The second kappa shape index (κ2) is 13.6. The van der Waals surface area contributed by atoms with Gasteiger partial charge in [-0.3, -0.25) is 0 Å². The van der Waals surface area contributed by atoms with Gasteiger partial charge in [-0.25, -0.2) is 9.59 Å². The van der Waals surface area contributed by atoms with Gasteiger partial charge in [-0.05, 0) is 43.0 Å². The van der Waals surface area contributed by atoms with E-state index in [0.717, 1.165) is 6.42 Å². The lowest BCUT2D eigenvalue weighted by Gasteiger charge is -2.04. The van der Waals surface area contributed by atoms with Gasteiger partial charge in [0.1, 0.15) is 0 Å². The Bertz CT molecular complexity index is 566. The van der Waals surface area contributed by atoms with Crippen LogP contribution in [0.5, 0.6) is 0 Å². The van der Waals surface area contributed by atoms with Crippen LogP contribution in [0.15, 0.2) is 60.7 Å². The van der Waals surface area contributed by atoms with Crippen molar-refractivity contribution >= 4 is 11.9 Å². The van der Waals surface area contributed by atoms with Crippen molar-refractivity contribution in [2.24, 2.45) is 5.92 Å². The lowest BCUT2D eigenvalue weighted by atomic mass is 10.1. The predicted molar refractivity (Wildman–Crippen MR) is 99.1 cm³/mol. The summed E-state index contributed by atoms with van der Waals surface area (Å²) in [6, 6.07) is 16.6. The summed E-state index contributed by atoms with van der Waals surface area (Å²) >= 11 is 0. The molecule has 6 heteroatoms. The van der Waals surface area contributed by atoms with Crippen molar-refractivity contribution < 1.29 is 30.0 Å². The fourth-order valence-electron chi connectivity index (χ4n) is 1.64. The van der Waals surface area contributed by atoms with Crippen LogP contribution in [0.25, 0.3) is 0 Å². The molecule has 0 heterocycles. The molecule has 0 radical (unpaired) electrons. The highest BCUT2D eigenvalue weighted by atomic mass is 16.5. The minimum Gasteiger partial charge on any atom is -0.478 e. The number of aromatic carboxylic acids is 2. The maximum Gasteiger partial charge on any atom is 0.335 e. The summed E-state index contributed by atoms with van der Waals surface area (Å²) in [7, 11) is 0. The summed E-state index contributed by atoms with van der Waals surface area (Å²) in [6.07, 6.45) is 0.271. The number of aliphatic hydroxyl groups is 2. The highest BCUT2D eigenvalue weighted by Gasteiger charge is 1.98. The molecule has 0 bridgehead atoms. The van der Waals surface area contributed by atoms with E-state index in [9.17, 15) is 9.59 Å². The van der Waals surface area contributed by atoms with E-state index >= 15 is 0 Å². The van der Waals surface area contributed by atoms with Crippen molar-refractivity contribution in [2.75, 3.05) is 0 Å². The molecule has 0 aliphatic heterocycles. The van der Waals surface area contributed by atoms with Gasteiger partial charge in [-0.1, -0.05) is 50.2 Å². The molecule has 0 saturated heterocycles. The highest BCUT2D eigenvalue weighted by Crippen LogP contribution is 2.04. The molecule has 142 valence electrons. The molecule has 0 atom stereocenters. The van der Waals surface area contributed by atoms with E-state index in [-0.39, 0.29) is 0 Å². The van der Waals surface area contributed by atoms with E-state index in [1.165, 1.54) is 0 Å². The average Bonchev–Trinajstić information content (AvgIpc) is 2.62. The van der Waals surface area contributed by atoms with Gasteiger partial charge in [-0.15, -0.1) is 0 Å². The van der Waals surface area contributed by atoms with Crippen LogP contribution in [-0.4, -0.2) is 38.7 Å². The molecule has 0 spiro atoms. The monoisotopic (exact) mass is 362 g/mol. The van der Waals surface area contributed by atoms with Crippen LogP contribution in [-0.2, 0) is 0 Å². The zero-order valence-electron chi connectivity index (χ0n) is 14.9. The van der Waals surface area contributed by atoms with Crippen LogP contribution in [0, 0.1) is 5.92 Å². The van der Waals surface area contributed by atoms with Gasteiger partial charge in [-0.2, -0.15) is 0 Å². The van der Waals surface area contributed by atoms with E-state index in [0.29, 0.717) is 23.5 Å². The molecule has 0 unspecified atom stereocenters. The van der Waals surface area contributed by atoms with Crippen molar-refractivity contribution in [3.05, 3.63) is 71.8 Å². The van der Waals surface area contributed by atoms with Gasteiger partial charge < -0.3 is 20.4 Å². The van der Waals surface area contributed by atoms with Crippen molar-refractivity contribution in [3.63, 3.8) is 0 Å². The van der Waals surface area contributed by atoms with Crippen LogP contribution >= 0.6 is 0 Å². The van der Waals surface area contributed by atoms with Crippen LogP contribution in [0.1, 0.15) is 47.4 Å². The molecule has 0 aliphatic carbocycles. The van der Waals surface area contributed by atoms with E-state index in [1.807, 2.05) is 0 Å². The number of benzene rings is 2. The number of hydrogen-bond acceptors (Lipinski definition) is 4. The van der Waals surface area contributed by atoms with Crippen molar-refractivity contribution in [3.8, 4) is 0 Å². The summed E-state index contributed by atoms with van der Waals surface area (Å²) in [4.78, 5) is 20.4. The number of rotatable bonds is 5. The molecule has 4 N–H and O–H groups in total. The van der Waals surface area contributed by atoms with E-state index < -0.39 is 18.2 Å². The molecule has 2 rings (SSSR count). The quantitative estimate of drug-likeness (QED) is 0.605. The number of carbonyl (C=O) groups is 2. The average molecular weight is 362 g/mol. The lowest BCUT2D eigenvalue weighted by Crippen LogP contribution is -2.04. The fraction of sp³-hybridized carbons (Fsp3) is 0.300. The Balaban J connectivity index is 0.000000362. The largest absolute Gasteiger partial charge is 0.478 e. The SMILES string of the molecule is CC(C)CCC(O)O.O=C(O)c1ccccc1.O=C(O)c1ccccc1. The summed E-state index contributed by atoms with van der Waals surface area (Å²) < 4.78 is 0. The lowest BCUT2D eigenvalue weighted by molar-refractivity contribution is -0.0482. The smallest absolute Gasteiger partial charge is 0.335 e. The topological polar surface area (TPSA) is 115 Å². The Labute approximate surface area is 153 Å². The molecule has 0 aromatic heterocycles. The second-order valence-corrected chi connectivity index (χ2v) is 5.79. The molecule has 0 saturated carbocycles. The zero-order valence-corrected chi connectivity index (χ0v) is 14.9. The summed E-state index contributed by atoms with van der Waals surface area (Å²) in [5.74, 6) is -1.19. The van der Waals surface area contributed by atoms with Crippen LogP contribution in [0.4, 0.5) is 0 Å². The third-order valence-electron chi connectivity index (χ3n) is 3.04. The minimum atomic E-state index is -1.11. The van der Waals surface area contributed by atoms with Crippen LogP contribution < -0.4 is 0 Å². The highest BCUT2D eigenvalue weighted by molar-refractivity contribution is 5.87. The minimum absolute atomic E-state index is 0.331. The van der Waals surface area contributed by atoms with Crippen molar-refractivity contribution in [2.45, 2.75) is 33.0 Å². The van der Waals surface area contributed by atoms with E-state index in [4.69, 9.17) is 20.4 Å². The Morgan fingerprint density at radius 2 is 1.08 bits per heavy atom. The molecule has 2 aromatic carbocycles. The maximum atomic E-state index is 10.2. The number of carboxylic acid groups (broad SMARTS) is 2. The first-order chi connectivity index (χ1) is 12.2. The molecule has 0 amide bonds. The van der Waals surface area contributed by atoms with Gasteiger partial charge in [0, 0.05) is 0 Å². The zero-order chi connectivity index (χ0) is 19.9. The van der Waals surface area contributed by atoms with Crippen LogP contribution in [0.3, 0.4) is 0 Å². The fourth-order valence-corrected chi connectivity index (χ4v) is 1.64. The second-order valence-electron chi connectivity index (χ2n) is 5.79. The van der Waals surface area contributed by atoms with Gasteiger partial charge in [0.15, 0.2) is 6.29 Å². The van der Waals surface area contributed by atoms with E-state index in [1.54, 1.807) is 60.7 Å². The number of aliphatic hydroxyl groups excluding tert-OH is 1. The maximum absolute atomic E-state index is 10.2. The Morgan fingerprint density at radius 3 is 1.23 bits per heavy atom. The standard InChI is InChI=1S/2C7H6O2.C6H14O2/c2*8-7(9)6-4-2-1-3-5-6;1-5(2)3-4-6(7)8/h2*1-5H,(H,8,9);5-8H,3-4H2,1-2H3. The molecule has 6 nitrogen and oxygen atoms in total. The molecule has 2 aromatic rings. The summed E-state index contributed by atoms with van der Waals surface area (Å²) in [5.41, 5.74) is 0.662. The van der Waals surface area contributed by atoms with Gasteiger partial charge in [0.25, 0.3) is 0 Å². The first kappa shape index (κ1) is 23.3. The summed E-state index contributed by atoms with van der Waals surface area (Å²) in [6.45, 7) is 4.12. The van der Waals surface area contributed by atoms with Gasteiger partial charge >= 0.3 is 11.9 Å². The summed E-state index contributed by atoms with van der Waals surface area (Å²) in [5, 5.41) is 33.5. The normalized spacial score (nSPS) is 9.62. The Morgan fingerprint density at radius 1 is 0.731 bits per heavy atom. The number of hydrogen-bond donors (Lipinski definition) is 4. The Hall–Kier alpha value is -2.70. The first-order valence-electron chi connectivity index (χ1n) is 8.16. The third-order valence-corrected chi connectivity index (χ3v) is 3.04. The molecule has 0 fully saturated rings. The Kier molecular flexibility index (Phi) is 12.2. The van der Waals surface area contributed by atoms with Crippen molar-refractivity contribution in [1.82, 2.24) is 0 Å².